The average molecular weight is 358 g/mol. The number of carbonyl (C=O) groups is 1. The van der Waals surface area contributed by atoms with Gasteiger partial charge in [0.1, 0.15) is 16.9 Å². The molecule has 1 saturated heterocycles. The molecule has 0 aromatic heterocycles. The van der Waals surface area contributed by atoms with E-state index in [4.69, 9.17) is 9.47 Å². The minimum absolute atomic E-state index is 0.0180. The van der Waals surface area contributed by atoms with Crippen LogP contribution >= 0.6 is 11.8 Å². The van der Waals surface area contributed by atoms with Gasteiger partial charge in [0, 0.05) is 18.0 Å². The maximum absolute atomic E-state index is 12.8. The van der Waals surface area contributed by atoms with Gasteiger partial charge in [-0.05, 0) is 48.4 Å². The molecule has 0 aliphatic carbocycles. The summed E-state index contributed by atoms with van der Waals surface area (Å²) in [6, 6.07) is 13.4. The molecule has 1 heterocycles. The van der Waals surface area contributed by atoms with E-state index in [1.165, 1.54) is 0 Å². The van der Waals surface area contributed by atoms with Crippen LogP contribution in [-0.2, 0) is 0 Å². The quantitative estimate of drug-likeness (QED) is 0.886. The Labute approximate surface area is 152 Å². The van der Waals surface area contributed by atoms with E-state index in [0.717, 1.165) is 40.6 Å². The predicted octanol–water partition coefficient (Wildman–Crippen LogP) is 4.29. The second-order valence-electron chi connectivity index (χ2n) is 5.80. The molecule has 132 valence electrons. The molecule has 1 aliphatic rings. The van der Waals surface area contributed by atoms with Crippen LogP contribution in [0.25, 0.3) is 0 Å². The number of hydrogen-bond acceptors (Lipinski definition) is 4. The van der Waals surface area contributed by atoms with Crippen molar-refractivity contribution in [3.63, 3.8) is 0 Å². The van der Waals surface area contributed by atoms with E-state index in [-0.39, 0.29) is 11.4 Å². The van der Waals surface area contributed by atoms with Gasteiger partial charge in [-0.15, -0.1) is 11.8 Å². The summed E-state index contributed by atoms with van der Waals surface area (Å²) in [6.07, 6.45) is 0. The standard InChI is InChI=1S/C19H22N2O3S/c1-13-12-16(24-3)8-9-17(13)20-19(22)21-10-11-25-18(21)14-4-6-15(23-2)7-5-14/h4-9,12,18H,10-11H2,1-3H3,(H,20,22). The fourth-order valence-corrected chi connectivity index (χ4v) is 4.07. The molecule has 1 atom stereocenters. The number of anilines is 1. The van der Waals surface area contributed by atoms with E-state index in [9.17, 15) is 4.79 Å². The second kappa shape index (κ2) is 7.70. The minimum Gasteiger partial charge on any atom is -0.497 e. The van der Waals surface area contributed by atoms with Crippen LogP contribution in [-0.4, -0.2) is 37.4 Å². The molecule has 1 unspecified atom stereocenters. The average Bonchev–Trinajstić information content (AvgIpc) is 3.13. The molecular formula is C19H22N2O3S. The highest BCUT2D eigenvalue weighted by Crippen LogP contribution is 2.38. The molecule has 1 fully saturated rings. The molecule has 2 aromatic rings. The second-order valence-corrected chi connectivity index (χ2v) is 6.99. The Kier molecular flexibility index (Phi) is 5.38. The van der Waals surface area contributed by atoms with Gasteiger partial charge in [0.15, 0.2) is 0 Å². The topological polar surface area (TPSA) is 50.8 Å². The summed E-state index contributed by atoms with van der Waals surface area (Å²) in [5.41, 5.74) is 2.88. The Hall–Kier alpha value is -2.34. The molecule has 2 amide bonds. The van der Waals surface area contributed by atoms with Crippen molar-refractivity contribution >= 4 is 23.5 Å². The van der Waals surface area contributed by atoms with Crippen molar-refractivity contribution in [2.45, 2.75) is 12.3 Å². The van der Waals surface area contributed by atoms with E-state index in [1.807, 2.05) is 54.3 Å². The minimum atomic E-state index is -0.0842. The smallest absolute Gasteiger partial charge is 0.323 e. The van der Waals surface area contributed by atoms with Crippen LogP contribution in [0.1, 0.15) is 16.5 Å². The fraction of sp³-hybridized carbons (Fsp3) is 0.316. The lowest BCUT2D eigenvalue weighted by Gasteiger charge is -2.25. The summed E-state index contributed by atoms with van der Waals surface area (Å²) in [7, 11) is 3.28. The van der Waals surface area contributed by atoms with E-state index in [0.29, 0.717) is 0 Å². The Morgan fingerprint density at radius 1 is 1.12 bits per heavy atom. The monoisotopic (exact) mass is 358 g/mol. The number of nitrogens with zero attached hydrogens (tertiary/aromatic N) is 1. The highest BCUT2D eigenvalue weighted by Gasteiger charge is 2.30. The number of nitrogens with one attached hydrogen (secondary N) is 1. The number of thioether (sulfide) groups is 1. The van der Waals surface area contributed by atoms with Crippen LogP contribution in [0, 0.1) is 6.92 Å². The summed E-state index contributed by atoms with van der Waals surface area (Å²) in [4.78, 5) is 14.6. The molecule has 1 N–H and O–H groups in total. The number of methoxy groups -OCH3 is 2. The van der Waals surface area contributed by atoms with E-state index >= 15 is 0 Å². The van der Waals surface area contributed by atoms with Crippen LogP contribution in [0.15, 0.2) is 42.5 Å². The lowest BCUT2D eigenvalue weighted by molar-refractivity contribution is 0.214. The van der Waals surface area contributed by atoms with Gasteiger partial charge in [0.05, 0.1) is 14.2 Å². The first-order valence-corrected chi connectivity index (χ1v) is 9.15. The predicted molar refractivity (Wildman–Crippen MR) is 102 cm³/mol. The van der Waals surface area contributed by atoms with Crippen LogP contribution in [0.3, 0.4) is 0 Å². The first-order valence-electron chi connectivity index (χ1n) is 8.10. The largest absolute Gasteiger partial charge is 0.497 e. The van der Waals surface area contributed by atoms with Gasteiger partial charge in [-0.25, -0.2) is 4.79 Å². The van der Waals surface area contributed by atoms with Crippen LogP contribution in [0.2, 0.25) is 0 Å². The Bertz CT molecular complexity index is 749. The highest BCUT2D eigenvalue weighted by atomic mass is 32.2. The van der Waals surface area contributed by atoms with Gasteiger partial charge in [-0.3, -0.25) is 0 Å². The number of amides is 2. The maximum Gasteiger partial charge on any atom is 0.323 e. The van der Waals surface area contributed by atoms with Crippen LogP contribution in [0.5, 0.6) is 11.5 Å². The summed E-state index contributed by atoms with van der Waals surface area (Å²) in [6.45, 7) is 2.68. The maximum atomic E-state index is 12.8. The number of ether oxygens (including phenoxy) is 2. The van der Waals surface area contributed by atoms with Crippen molar-refractivity contribution in [3.05, 3.63) is 53.6 Å². The van der Waals surface area contributed by atoms with Crippen molar-refractivity contribution in [2.24, 2.45) is 0 Å². The van der Waals surface area contributed by atoms with E-state index < -0.39 is 0 Å². The van der Waals surface area contributed by atoms with Crippen LogP contribution < -0.4 is 14.8 Å². The van der Waals surface area contributed by atoms with E-state index in [2.05, 4.69) is 5.32 Å². The zero-order chi connectivity index (χ0) is 17.8. The summed E-state index contributed by atoms with van der Waals surface area (Å²) in [5.74, 6) is 2.52. The van der Waals surface area contributed by atoms with Gasteiger partial charge >= 0.3 is 6.03 Å². The molecule has 0 spiro atoms. The Balaban J connectivity index is 1.74. The molecular weight excluding hydrogens is 336 g/mol. The first-order chi connectivity index (χ1) is 12.1. The molecule has 0 saturated carbocycles. The molecule has 3 rings (SSSR count). The number of benzene rings is 2. The lowest BCUT2D eigenvalue weighted by Crippen LogP contribution is -2.34. The number of aryl methyl sites for hydroxylation is 1. The summed E-state index contributed by atoms with van der Waals surface area (Å²) in [5, 5.41) is 3.04. The Morgan fingerprint density at radius 2 is 1.80 bits per heavy atom. The van der Waals surface area contributed by atoms with Crippen molar-refractivity contribution in [1.29, 1.82) is 0 Å². The van der Waals surface area contributed by atoms with Crippen molar-refractivity contribution in [3.8, 4) is 11.5 Å². The van der Waals surface area contributed by atoms with E-state index in [1.54, 1.807) is 26.0 Å². The van der Waals surface area contributed by atoms with Gasteiger partial charge in [-0.1, -0.05) is 12.1 Å². The molecule has 5 nitrogen and oxygen atoms in total. The number of urea groups is 1. The highest BCUT2D eigenvalue weighted by molar-refractivity contribution is 7.99. The number of hydrogen-bond donors (Lipinski definition) is 1. The third-order valence-electron chi connectivity index (χ3n) is 4.23. The Morgan fingerprint density at radius 3 is 2.44 bits per heavy atom. The van der Waals surface area contributed by atoms with Crippen molar-refractivity contribution < 1.29 is 14.3 Å². The van der Waals surface area contributed by atoms with Gasteiger partial charge in [0.2, 0.25) is 0 Å². The van der Waals surface area contributed by atoms with Crippen molar-refractivity contribution in [1.82, 2.24) is 4.90 Å². The van der Waals surface area contributed by atoms with Crippen LogP contribution in [0.4, 0.5) is 10.5 Å². The molecule has 25 heavy (non-hydrogen) atoms. The zero-order valence-electron chi connectivity index (χ0n) is 14.6. The summed E-state index contributed by atoms with van der Waals surface area (Å²) >= 11 is 1.77. The SMILES string of the molecule is COc1ccc(C2SCCN2C(=O)Nc2ccc(OC)cc2C)cc1. The third-order valence-corrected chi connectivity index (χ3v) is 5.49. The molecule has 6 heteroatoms. The number of carbonyl (C=O) groups excluding carboxylic acids is 1. The molecule has 1 aliphatic heterocycles. The molecule has 0 radical (unpaired) electrons. The van der Waals surface area contributed by atoms with Crippen molar-refractivity contribution in [2.75, 3.05) is 31.8 Å². The summed E-state index contributed by atoms with van der Waals surface area (Å²) < 4.78 is 10.4. The van der Waals surface area contributed by atoms with Gasteiger partial charge in [-0.2, -0.15) is 0 Å². The molecule has 0 bridgehead atoms. The normalized spacial score (nSPS) is 16.6. The third kappa shape index (κ3) is 3.85. The van der Waals surface area contributed by atoms with Gasteiger partial charge in [0.25, 0.3) is 0 Å². The molecule has 2 aromatic carbocycles. The van der Waals surface area contributed by atoms with Gasteiger partial charge < -0.3 is 19.7 Å². The fourth-order valence-electron chi connectivity index (χ4n) is 2.81. The zero-order valence-corrected chi connectivity index (χ0v) is 15.4. The first kappa shape index (κ1) is 17.5. The lowest BCUT2D eigenvalue weighted by atomic mass is 10.2. The number of rotatable bonds is 4.